The molecule has 0 amide bonds. The van der Waals surface area contributed by atoms with Crippen molar-refractivity contribution in [3.05, 3.63) is 48.0 Å². The third-order valence-corrected chi connectivity index (χ3v) is 4.32. The van der Waals surface area contributed by atoms with Crippen LogP contribution in [0.5, 0.6) is 0 Å². The Labute approximate surface area is 126 Å². The molecule has 1 aliphatic heterocycles. The Kier molecular flexibility index (Phi) is 4.31. The highest BCUT2D eigenvalue weighted by Gasteiger charge is 2.28. The molecule has 0 radical (unpaired) electrons. The first-order chi connectivity index (χ1) is 10.3. The van der Waals surface area contributed by atoms with Crippen LogP contribution in [-0.4, -0.2) is 38.8 Å². The molecule has 0 saturated carbocycles. The summed E-state index contributed by atoms with van der Waals surface area (Å²) in [5.41, 5.74) is 1.36. The highest BCUT2D eigenvalue weighted by atomic mass is 15.3. The minimum Gasteiger partial charge on any atom is -0.311 e. The van der Waals surface area contributed by atoms with E-state index in [1.54, 1.807) is 6.33 Å². The van der Waals surface area contributed by atoms with Gasteiger partial charge in [-0.15, -0.1) is 0 Å². The van der Waals surface area contributed by atoms with Gasteiger partial charge in [0.1, 0.15) is 12.2 Å². The van der Waals surface area contributed by atoms with Crippen molar-refractivity contribution in [2.45, 2.75) is 32.0 Å². The molecule has 2 heterocycles. The lowest BCUT2D eigenvalue weighted by molar-refractivity contribution is 0.116. The lowest BCUT2D eigenvalue weighted by Crippen LogP contribution is -2.51. The van der Waals surface area contributed by atoms with E-state index in [2.05, 4.69) is 57.6 Å². The Morgan fingerprint density at radius 2 is 2.10 bits per heavy atom. The molecule has 2 unspecified atom stereocenters. The first-order valence-corrected chi connectivity index (χ1v) is 7.63. The SMILES string of the molecule is CCC1CN(Cc2ncnn2C)C(c2ccccc2)CN1. The molecule has 5 heteroatoms. The van der Waals surface area contributed by atoms with Crippen LogP contribution >= 0.6 is 0 Å². The monoisotopic (exact) mass is 285 g/mol. The molecule has 1 N–H and O–H groups in total. The summed E-state index contributed by atoms with van der Waals surface area (Å²) < 4.78 is 1.87. The van der Waals surface area contributed by atoms with Crippen molar-refractivity contribution in [1.29, 1.82) is 0 Å². The van der Waals surface area contributed by atoms with Gasteiger partial charge in [0, 0.05) is 32.2 Å². The van der Waals surface area contributed by atoms with E-state index in [1.807, 2.05) is 11.7 Å². The van der Waals surface area contributed by atoms with Crippen molar-refractivity contribution < 1.29 is 0 Å². The lowest BCUT2D eigenvalue weighted by atomic mass is 10.00. The van der Waals surface area contributed by atoms with Crippen molar-refractivity contribution in [2.24, 2.45) is 7.05 Å². The van der Waals surface area contributed by atoms with Crippen LogP contribution in [0.1, 0.15) is 30.8 Å². The zero-order valence-corrected chi connectivity index (χ0v) is 12.7. The summed E-state index contributed by atoms with van der Waals surface area (Å²) in [5, 5.41) is 7.84. The van der Waals surface area contributed by atoms with Crippen molar-refractivity contribution in [1.82, 2.24) is 25.0 Å². The number of benzene rings is 1. The molecule has 3 rings (SSSR count). The fourth-order valence-corrected chi connectivity index (χ4v) is 2.98. The highest BCUT2D eigenvalue weighted by molar-refractivity contribution is 5.20. The van der Waals surface area contributed by atoms with Gasteiger partial charge in [0.15, 0.2) is 0 Å². The van der Waals surface area contributed by atoms with Crippen LogP contribution in [-0.2, 0) is 13.6 Å². The lowest BCUT2D eigenvalue weighted by Gasteiger charge is -2.40. The fourth-order valence-electron chi connectivity index (χ4n) is 2.98. The molecular formula is C16H23N5. The topological polar surface area (TPSA) is 46.0 Å². The molecule has 112 valence electrons. The van der Waals surface area contributed by atoms with Crippen molar-refractivity contribution >= 4 is 0 Å². The second kappa shape index (κ2) is 6.37. The van der Waals surface area contributed by atoms with E-state index in [9.17, 15) is 0 Å². The Hall–Kier alpha value is -1.72. The molecule has 1 aromatic heterocycles. The maximum atomic E-state index is 4.38. The van der Waals surface area contributed by atoms with E-state index in [4.69, 9.17) is 0 Å². The van der Waals surface area contributed by atoms with E-state index >= 15 is 0 Å². The average Bonchev–Trinajstić information content (AvgIpc) is 2.93. The second-order valence-corrected chi connectivity index (χ2v) is 5.67. The van der Waals surface area contributed by atoms with Crippen LogP contribution in [0.15, 0.2) is 36.7 Å². The van der Waals surface area contributed by atoms with Gasteiger partial charge >= 0.3 is 0 Å². The number of rotatable bonds is 4. The second-order valence-electron chi connectivity index (χ2n) is 5.67. The standard InChI is InChI=1S/C16H23N5/c1-3-14-10-21(11-16-18-12-19-20(16)2)15(9-17-14)13-7-5-4-6-8-13/h4-8,12,14-15,17H,3,9-11H2,1-2H3. The van der Waals surface area contributed by atoms with E-state index in [1.165, 1.54) is 5.56 Å². The van der Waals surface area contributed by atoms with Gasteiger partial charge in [0.2, 0.25) is 0 Å². The van der Waals surface area contributed by atoms with Crippen LogP contribution in [0.25, 0.3) is 0 Å². The Morgan fingerprint density at radius 3 is 2.76 bits per heavy atom. The molecule has 1 saturated heterocycles. The summed E-state index contributed by atoms with van der Waals surface area (Å²) in [7, 11) is 1.96. The van der Waals surface area contributed by atoms with Gasteiger partial charge in [-0.25, -0.2) is 4.98 Å². The Balaban J connectivity index is 1.82. The number of aromatic nitrogens is 3. The number of piperazine rings is 1. The van der Waals surface area contributed by atoms with Crippen LogP contribution in [0.2, 0.25) is 0 Å². The summed E-state index contributed by atoms with van der Waals surface area (Å²) in [6.45, 7) is 5.11. The zero-order valence-electron chi connectivity index (χ0n) is 12.7. The normalized spacial score (nSPS) is 23.3. The van der Waals surface area contributed by atoms with Gasteiger partial charge in [-0.3, -0.25) is 9.58 Å². The summed E-state index contributed by atoms with van der Waals surface area (Å²) >= 11 is 0. The van der Waals surface area contributed by atoms with Crippen LogP contribution in [0, 0.1) is 0 Å². The number of nitrogens with one attached hydrogen (secondary N) is 1. The van der Waals surface area contributed by atoms with Crippen LogP contribution in [0.3, 0.4) is 0 Å². The third kappa shape index (κ3) is 3.14. The molecule has 1 aliphatic rings. The molecule has 0 bridgehead atoms. The average molecular weight is 285 g/mol. The number of aryl methyl sites for hydroxylation is 1. The Morgan fingerprint density at radius 1 is 1.29 bits per heavy atom. The minimum absolute atomic E-state index is 0.394. The van der Waals surface area contributed by atoms with Crippen molar-refractivity contribution in [3.63, 3.8) is 0 Å². The molecule has 1 fully saturated rings. The predicted molar refractivity (Wildman–Crippen MR) is 82.7 cm³/mol. The molecule has 0 aliphatic carbocycles. The van der Waals surface area contributed by atoms with Gasteiger partial charge in [-0.05, 0) is 12.0 Å². The first-order valence-electron chi connectivity index (χ1n) is 7.63. The first kappa shape index (κ1) is 14.2. The summed E-state index contributed by atoms with van der Waals surface area (Å²) in [6, 6.07) is 11.7. The molecule has 5 nitrogen and oxygen atoms in total. The van der Waals surface area contributed by atoms with E-state index in [0.717, 1.165) is 31.9 Å². The fraction of sp³-hybridized carbons (Fsp3) is 0.500. The summed E-state index contributed by atoms with van der Waals surface area (Å²) in [5.74, 6) is 1.02. The van der Waals surface area contributed by atoms with E-state index in [-0.39, 0.29) is 0 Å². The molecule has 2 atom stereocenters. The molecule has 2 aromatic rings. The third-order valence-electron chi connectivity index (χ3n) is 4.32. The van der Waals surface area contributed by atoms with Gasteiger partial charge in [-0.2, -0.15) is 5.10 Å². The molecule has 1 aromatic carbocycles. The number of hydrogen-bond donors (Lipinski definition) is 1. The van der Waals surface area contributed by atoms with Crippen LogP contribution in [0.4, 0.5) is 0 Å². The summed E-state index contributed by atoms with van der Waals surface area (Å²) in [6.07, 6.45) is 2.78. The van der Waals surface area contributed by atoms with Gasteiger partial charge in [0.05, 0.1) is 6.54 Å². The van der Waals surface area contributed by atoms with E-state index in [0.29, 0.717) is 12.1 Å². The van der Waals surface area contributed by atoms with Crippen molar-refractivity contribution in [3.8, 4) is 0 Å². The smallest absolute Gasteiger partial charge is 0.140 e. The summed E-state index contributed by atoms with van der Waals surface area (Å²) in [4.78, 5) is 6.90. The van der Waals surface area contributed by atoms with Gasteiger partial charge in [-0.1, -0.05) is 37.3 Å². The Bertz CT molecular complexity index is 565. The molecular weight excluding hydrogens is 262 g/mol. The number of nitrogens with zero attached hydrogens (tertiary/aromatic N) is 4. The predicted octanol–water partition coefficient (Wildman–Crippen LogP) is 1.74. The number of hydrogen-bond acceptors (Lipinski definition) is 4. The molecule has 0 spiro atoms. The minimum atomic E-state index is 0.394. The van der Waals surface area contributed by atoms with E-state index < -0.39 is 0 Å². The zero-order chi connectivity index (χ0) is 14.7. The largest absolute Gasteiger partial charge is 0.311 e. The highest BCUT2D eigenvalue weighted by Crippen LogP contribution is 2.25. The van der Waals surface area contributed by atoms with Crippen molar-refractivity contribution in [2.75, 3.05) is 13.1 Å². The van der Waals surface area contributed by atoms with Gasteiger partial charge in [0.25, 0.3) is 0 Å². The maximum absolute atomic E-state index is 4.38. The van der Waals surface area contributed by atoms with Gasteiger partial charge < -0.3 is 5.32 Å². The molecule has 21 heavy (non-hydrogen) atoms. The quantitative estimate of drug-likeness (QED) is 0.929. The maximum Gasteiger partial charge on any atom is 0.140 e. The van der Waals surface area contributed by atoms with Crippen LogP contribution < -0.4 is 5.32 Å².